The summed E-state index contributed by atoms with van der Waals surface area (Å²) in [6.45, 7) is 2.82. The number of hydrogen-bond donors (Lipinski definition) is 2. The largest absolute Gasteiger partial charge is 0.455 e. The Morgan fingerprint density at radius 2 is 1.83 bits per heavy atom. The van der Waals surface area contributed by atoms with Gasteiger partial charge in [-0.3, -0.25) is 9.59 Å². The van der Waals surface area contributed by atoms with Gasteiger partial charge >= 0.3 is 5.97 Å². The van der Waals surface area contributed by atoms with Crippen molar-refractivity contribution in [3.63, 3.8) is 0 Å². The van der Waals surface area contributed by atoms with Crippen LogP contribution < -0.4 is 10.0 Å². The fourth-order valence-electron chi connectivity index (χ4n) is 2.48. The van der Waals surface area contributed by atoms with Crippen LogP contribution in [0.5, 0.6) is 0 Å². The number of rotatable bonds is 9. The number of carbonyl (C=O) groups excluding carboxylic acids is 2. The lowest BCUT2D eigenvalue weighted by Crippen LogP contribution is -2.34. The highest BCUT2D eigenvalue weighted by Gasteiger charge is 2.17. The number of sulfonamides is 1. The van der Waals surface area contributed by atoms with Crippen LogP contribution >= 0.6 is 15.9 Å². The van der Waals surface area contributed by atoms with Crippen LogP contribution in [0.2, 0.25) is 0 Å². The van der Waals surface area contributed by atoms with Crippen molar-refractivity contribution in [2.75, 3.05) is 13.2 Å². The van der Waals surface area contributed by atoms with E-state index in [2.05, 4.69) is 32.9 Å². The normalized spacial score (nSPS) is 12.2. The van der Waals surface area contributed by atoms with E-state index in [0.29, 0.717) is 4.47 Å². The Labute approximate surface area is 179 Å². The fraction of sp³-hybridized carbons (Fsp3) is 0.300. The number of amides is 1. The maximum Gasteiger partial charge on any atom is 0.321 e. The van der Waals surface area contributed by atoms with E-state index in [9.17, 15) is 18.0 Å². The first-order valence-corrected chi connectivity index (χ1v) is 11.3. The molecule has 1 atom stereocenters. The lowest BCUT2D eigenvalue weighted by atomic mass is 10.1. The predicted molar refractivity (Wildman–Crippen MR) is 113 cm³/mol. The fourth-order valence-corrected chi connectivity index (χ4v) is 4.04. The molecule has 0 spiro atoms. The molecule has 2 aromatic carbocycles. The van der Waals surface area contributed by atoms with Gasteiger partial charge in [-0.05, 0) is 42.7 Å². The highest BCUT2D eigenvalue weighted by molar-refractivity contribution is 9.10. The van der Waals surface area contributed by atoms with E-state index in [1.807, 2.05) is 31.2 Å². The Morgan fingerprint density at radius 1 is 1.14 bits per heavy atom. The Hall–Kier alpha value is -2.23. The standard InChI is InChI=1S/C20H23BrN2O5S/c1-3-15-7-9-16(10-8-15)14(2)23-19(24)13-28-20(25)12-22-29(26,27)18-6-4-5-17(21)11-18/h4-11,14,22H,3,12-13H2,1-2H3,(H,23,24). The number of halogens is 1. The monoisotopic (exact) mass is 482 g/mol. The van der Waals surface area contributed by atoms with E-state index in [0.717, 1.165) is 12.0 Å². The molecule has 0 aliphatic carbocycles. The van der Waals surface area contributed by atoms with Crippen LogP contribution in [0.3, 0.4) is 0 Å². The van der Waals surface area contributed by atoms with Gasteiger partial charge in [0.05, 0.1) is 10.9 Å². The van der Waals surface area contributed by atoms with Crippen LogP contribution in [0.25, 0.3) is 0 Å². The van der Waals surface area contributed by atoms with Gasteiger partial charge in [0.25, 0.3) is 5.91 Å². The quantitative estimate of drug-likeness (QED) is 0.535. The third kappa shape index (κ3) is 7.26. The molecule has 1 amide bonds. The van der Waals surface area contributed by atoms with Gasteiger partial charge < -0.3 is 10.1 Å². The van der Waals surface area contributed by atoms with Crippen LogP contribution in [-0.2, 0) is 30.8 Å². The third-order valence-electron chi connectivity index (χ3n) is 4.14. The zero-order valence-electron chi connectivity index (χ0n) is 16.1. The van der Waals surface area contributed by atoms with Crippen LogP contribution in [0.1, 0.15) is 31.0 Å². The molecule has 2 rings (SSSR count). The van der Waals surface area contributed by atoms with Crippen molar-refractivity contribution in [2.45, 2.75) is 31.2 Å². The average molecular weight is 483 g/mol. The van der Waals surface area contributed by atoms with Crippen molar-refractivity contribution >= 4 is 37.8 Å². The van der Waals surface area contributed by atoms with Gasteiger partial charge in [0.15, 0.2) is 6.61 Å². The van der Waals surface area contributed by atoms with E-state index in [-0.39, 0.29) is 10.9 Å². The van der Waals surface area contributed by atoms with Gasteiger partial charge in [0.2, 0.25) is 10.0 Å². The number of ether oxygens (including phenoxy) is 1. The van der Waals surface area contributed by atoms with Gasteiger partial charge in [-0.1, -0.05) is 53.2 Å². The van der Waals surface area contributed by atoms with Gasteiger partial charge in [-0.15, -0.1) is 0 Å². The van der Waals surface area contributed by atoms with E-state index in [4.69, 9.17) is 4.74 Å². The smallest absolute Gasteiger partial charge is 0.321 e. The SMILES string of the molecule is CCc1ccc(C(C)NC(=O)COC(=O)CNS(=O)(=O)c2cccc(Br)c2)cc1. The summed E-state index contributed by atoms with van der Waals surface area (Å²) in [5, 5.41) is 2.73. The molecule has 2 N–H and O–H groups in total. The zero-order valence-corrected chi connectivity index (χ0v) is 18.5. The molecule has 0 radical (unpaired) electrons. The number of benzene rings is 2. The van der Waals surface area contributed by atoms with Gasteiger partial charge in [0, 0.05) is 4.47 Å². The van der Waals surface area contributed by atoms with Gasteiger partial charge in [-0.25, -0.2) is 8.42 Å². The van der Waals surface area contributed by atoms with Crippen LogP contribution in [0, 0.1) is 0 Å². The molecule has 0 saturated carbocycles. The lowest BCUT2D eigenvalue weighted by molar-refractivity contribution is -0.147. The summed E-state index contributed by atoms with van der Waals surface area (Å²) in [5.74, 6) is -1.32. The molecule has 0 aromatic heterocycles. The molecule has 0 fully saturated rings. The van der Waals surface area contributed by atoms with Gasteiger partial charge in [0.1, 0.15) is 6.54 Å². The summed E-state index contributed by atoms with van der Waals surface area (Å²) < 4.78 is 31.9. The molecule has 0 bridgehead atoms. The molecule has 29 heavy (non-hydrogen) atoms. The second-order valence-corrected chi connectivity index (χ2v) is 9.01. The third-order valence-corrected chi connectivity index (χ3v) is 6.03. The minimum Gasteiger partial charge on any atom is -0.455 e. The minimum absolute atomic E-state index is 0.0142. The van der Waals surface area contributed by atoms with Crippen molar-refractivity contribution in [1.29, 1.82) is 0 Å². The van der Waals surface area contributed by atoms with Crippen LogP contribution in [-0.4, -0.2) is 33.4 Å². The topological polar surface area (TPSA) is 102 Å². The maximum absolute atomic E-state index is 12.2. The highest BCUT2D eigenvalue weighted by atomic mass is 79.9. The van der Waals surface area contributed by atoms with E-state index in [1.54, 1.807) is 12.1 Å². The Morgan fingerprint density at radius 3 is 2.45 bits per heavy atom. The second-order valence-electron chi connectivity index (χ2n) is 6.33. The summed E-state index contributed by atoms with van der Waals surface area (Å²) in [5.41, 5.74) is 2.13. The first kappa shape index (κ1) is 23.1. The van der Waals surface area contributed by atoms with Crippen molar-refractivity contribution in [2.24, 2.45) is 0 Å². The molecule has 156 valence electrons. The van der Waals surface area contributed by atoms with Crippen molar-refractivity contribution in [3.05, 3.63) is 64.1 Å². The molecular weight excluding hydrogens is 460 g/mol. The minimum atomic E-state index is -3.86. The number of nitrogens with one attached hydrogen (secondary N) is 2. The molecule has 0 saturated heterocycles. The first-order chi connectivity index (χ1) is 13.7. The molecule has 0 aliphatic rings. The molecule has 9 heteroatoms. The second kappa shape index (κ2) is 10.5. The highest BCUT2D eigenvalue weighted by Crippen LogP contribution is 2.16. The molecule has 1 unspecified atom stereocenters. The average Bonchev–Trinajstić information content (AvgIpc) is 2.71. The van der Waals surface area contributed by atoms with Crippen LogP contribution in [0.15, 0.2) is 57.9 Å². The number of aryl methyl sites for hydroxylation is 1. The summed E-state index contributed by atoms with van der Waals surface area (Å²) in [6.07, 6.45) is 0.933. The Balaban J connectivity index is 1.78. The summed E-state index contributed by atoms with van der Waals surface area (Å²) in [7, 11) is -3.86. The predicted octanol–water partition coefficient (Wildman–Crippen LogP) is 2.71. The first-order valence-electron chi connectivity index (χ1n) is 9.00. The van der Waals surface area contributed by atoms with Crippen molar-refractivity contribution < 1.29 is 22.7 Å². The lowest BCUT2D eigenvalue weighted by Gasteiger charge is -2.15. The van der Waals surface area contributed by atoms with Gasteiger partial charge in [-0.2, -0.15) is 4.72 Å². The molecule has 2 aromatic rings. The molecule has 0 aliphatic heterocycles. The summed E-state index contributed by atoms with van der Waals surface area (Å²) in [6, 6.07) is 13.7. The Bertz CT molecular complexity index is 961. The molecule has 0 heterocycles. The van der Waals surface area contributed by atoms with E-state index in [1.165, 1.54) is 17.7 Å². The van der Waals surface area contributed by atoms with Crippen molar-refractivity contribution in [1.82, 2.24) is 10.0 Å². The summed E-state index contributed by atoms with van der Waals surface area (Å²) >= 11 is 3.19. The Kier molecular flexibility index (Phi) is 8.36. The number of esters is 1. The maximum atomic E-state index is 12.2. The summed E-state index contributed by atoms with van der Waals surface area (Å²) in [4.78, 5) is 23.8. The zero-order chi connectivity index (χ0) is 21.4. The van der Waals surface area contributed by atoms with E-state index < -0.39 is 35.1 Å². The van der Waals surface area contributed by atoms with Crippen LogP contribution in [0.4, 0.5) is 0 Å². The number of carbonyl (C=O) groups is 2. The van der Waals surface area contributed by atoms with Crippen molar-refractivity contribution in [3.8, 4) is 0 Å². The molecular formula is C20H23BrN2O5S. The number of hydrogen-bond acceptors (Lipinski definition) is 5. The van der Waals surface area contributed by atoms with E-state index >= 15 is 0 Å². The molecule has 7 nitrogen and oxygen atoms in total.